The summed E-state index contributed by atoms with van der Waals surface area (Å²) in [6, 6.07) is 1.48. The van der Waals surface area contributed by atoms with Gasteiger partial charge in [0.05, 0.1) is 16.7 Å². The van der Waals surface area contributed by atoms with E-state index < -0.39 is 0 Å². The van der Waals surface area contributed by atoms with Gasteiger partial charge in [0.2, 0.25) is 0 Å². The molecule has 2 aromatic rings. The highest BCUT2D eigenvalue weighted by molar-refractivity contribution is 6.36. The van der Waals surface area contributed by atoms with Crippen LogP contribution in [-0.4, -0.2) is 15.1 Å². The standard InChI is InChI=1S/C9H7ClN2O2/c1-4-2-5(13)8-6(7(4)10)9(14)12-3-11-8/h2-3,13H,1H3,(H,11,12,14). The minimum atomic E-state index is -0.348. The van der Waals surface area contributed by atoms with Gasteiger partial charge in [-0.25, -0.2) is 4.98 Å². The van der Waals surface area contributed by atoms with Crippen LogP contribution in [0.3, 0.4) is 0 Å². The number of aromatic hydroxyl groups is 1. The largest absolute Gasteiger partial charge is 0.506 e. The molecule has 0 saturated carbocycles. The van der Waals surface area contributed by atoms with Crippen LogP contribution >= 0.6 is 11.6 Å². The number of fused-ring (bicyclic) bond motifs is 1. The number of aromatic nitrogens is 2. The normalized spacial score (nSPS) is 10.7. The van der Waals surface area contributed by atoms with E-state index in [0.29, 0.717) is 10.6 Å². The van der Waals surface area contributed by atoms with E-state index in [9.17, 15) is 9.90 Å². The van der Waals surface area contributed by atoms with Crippen LogP contribution < -0.4 is 5.56 Å². The highest BCUT2D eigenvalue weighted by Crippen LogP contribution is 2.29. The summed E-state index contributed by atoms with van der Waals surface area (Å²) in [6.45, 7) is 1.72. The van der Waals surface area contributed by atoms with E-state index in [0.717, 1.165) is 0 Å². The van der Waals surface area contributed by atoms with Gasteiger partial charge in [0, 0.05) is 0 Å². The molecule has 4 nitrogen and oxygen atoms in total. The molecule has 0 saturated heterocycles. The maximum Gasteiger partial charge on any atom is 0.260 e. The zero-order valence-electron chi connectivity index (χ0n) is 7.34. The first-order chi connectivity index (χ1) is 6.61. The highest BCUT2D eigenvalue weighted by Gasteiger charge is 2.11. The van der Waals surface area contributed by atoms with E-state index in [1.54, 1.807) is 6.92 Å². The lowest BCUT2D eigenvalue weighted by Gasteiger charge is -2.03. The molecular weight excluding hydrogens is 204 g/mol. The van der Waals surface area contributed by atoms with E-state index in [1.807, 2.05) is 0 Å². The molecule has 0 aliphatic heterocycles. The zero-order valence-corrected chi connectivity index (χ0v) is 8.09. The zero-order chi connectivity index (χ0) is 10.3. The van der Waals surface area contributed by atoms with Crippen molar-refractivity contribution in [2.24, 2.45) is 0 Å². The molecule has 0 unspecified atom stereocenters. The van der Waals surface area contributed by atoms with Gasteiger partial charge in [-0.2, -0.15) is 0 Å². The maximum atomic E-state index is 11.4. The minimum absolute atomic E-state index is 0.0343. The number of aryl methyl sites for hydroxylation is 1. The van der Waals surface area contributed by atoms with E-state index >= 15 is 0 Å². The first kappa shape index (κ1) is 9.02. The molecule has 1 heterocycles. The lowest BCUT2D eigenvalue weighted by molar-refractivity contribution is 0.480. The number of phenols is 1. The quantitative estimate of drug-likeness (QED) is 0.694. The van der Waals surface area contributed by atoms with Crippen molar-refractivity contribution in [3.05, 3.63) is 33.3 Å². The van der Waals surface area contributed by atoms with Crippen molar-refractivity contribution in [2.45, 2.75) is 6.92 Å². The van der Waals surface area contributed by atoms with Gasteiger partial charge in [0.15, 0.2) is 0 Å². The molecule has 1 aromatic carbocycles. The first-order valence-corrected chi connectivity index (χ1v) is 4.34. The van der Waals surface area contributed by atoms with Crippen molar-refractivity contribution in [3.63, 3.8) is 0 Å². The van der Waals surface area contributed by atoms with Crippen LogP contribution in [0.2, 0.25) is 5.02 Å². The summed E-state index contributed by atoms with van der Waals surface area (Å²) in [5.41, 5.74) is 0.526. The molecule has 0 radical (unpaired) electrons. The molecule has 2 rings (SSSR count). The SMILES string of the molecule is Cc1cc(O)c2nc[nH]c(=O)c2c1Cl. The van der Waals surface area contributed by atoms with E-state index in [4.69, 9.17) is 11.6 Å². The second-order valence-corrected chi connectivity index (χ2v) is 3.36. The van der Waals surface area contributed by atoms with Gasteiger partial charge in [-0.05, 0) is 18.6 Å². The summed E-state index contributed by atoms with van der Waals surface area (Å²) in [5.74, 6) is -0.0343. The second-order valence-electron chi connectivity index (χ2n) is 2.98. The van der Waals surface area contributed by atoms with Gasteiger partial charge in [-0.1, -0.05) is 11.6 Å². The summed E-state index contributed by atoms with van der Waals surface area (Å²) >= 11 is 5.93. The summed E-state index contributed by atoms with van der Waals surface area (Å²) < 4.78 is 0. The third-order valence-corrected chi connectivity index (χ3v) is 2.50. The van der Waals surface area contributed by atoms with Gasteiger partial charge in [0.1, 0.15) is 11.3 Å². The van der Waals surface area contributed by atoms with Gasteiger partial charge < -0.3 is 10.1 Å². The molecule has 0 aliphatic carbocycles. The molecule has 2 N–H and O–H groups in total. The Hall–Kier alpha value is -1.55. The Labute approximate surface area is 84.2 Å². The lowest BCUT2D eigenvalue weighted by atomic mass is 10.1. The molecule has 0 fully saturated rings. The Balaban J connectivity index is 3.11. The van der Waals surface area contributed by atoms with Crippen molar-refractivity contribution in [1.29, 1.82) is 0 Å². The number of hydrogen-bond acceptors (Lipinski definition) is 3. The number of nitrogens with zero attached hydrogens (tertiary/aromatic N) is 1. The molecule has 0 aliphatic rings. The highest BCUT2D eigenvalue weighted by atomic mass is 35.5. The Morgan fingerprint density at radius 2 is 2.29 bits per heavy atom. The van der Waals surface area contributed by atoms with E-state index in [1.165, 1.54) is 12.4 Å². The third-order valence-electron chi connectivity index (χ3n) is 2.01. The Morgan fingerprint density at radius 1 is 1.57 bits per heavy atom. The number of nitrogens with one attached hydrogen (secondary N) is 1. The summed E-state index contributed by atoms with van der Waals surface area (Å²) in [5, 5.41) is 10.1. The van der Waals surface area contributed by atoms with Gasteiger partial charge in [-0.3, -0.25) is 4.79 Å². The molecule has 14 heavy (non-hydrogen) atoms. The molecule has 0 amide bonds. The smallest absolute Gasteiger partial charge is 0.260 e. The summed E-state index contributed by atoms with van der Waals surface area (Å²) in [6.07, 6.45) is 1.23. The first-order valence-electron chi connectivity index (χ1n) is 3.96. The minimum Gasteiger partial charge on any atom is -0.506 e. The van der Waals surface area contributed by atoms with Crippen LogP contribution in [0.25, 0.3) is 10.9 Å². The van der Waals surface area contributed by atoms with Crippen molar-refractivity contribution in [1.82, 2.24) is 9.97 Å². The van der Waals surface area contributed by atoms with E-state index in [2.05, 4.69) is 9.97 Å². The summed E-state index contributed by atoms with van der Waals surface area (Å²) in [7, 11) is 0. The van der Waals surface area contributed by atoms with Gasteiger partial charge in [-0.15, -0.1) is 0 Å². The second kappa shape index (κ2) is 2.99. The Bertz CT molecular complexity index is 562. The number of halogens is 1. The molecule has 1 aromatic heterocycles. The molecule has 5 heteroatoms. The average molecular weight is 211 g/mol. The maximum absolute atomic E-state index is 11.4. The molecule has 0 spiro atoms. The monoisotopic (exact) mass is 210 g/mol. The van der Waals surface area contributed by atoms with Crippen molar-refractivity contribution in [3.8, 4) is 5.75 Å². The summed E-state index contributed by atoms with van der Waals surface area (Å²) in [4.78, 5) is 17.7. The number of benzene rings is 1. The fourth-order valence-electron chi connectivity index (χ4n) is 1.33. The van der Waals surface area contributed by atoms with Crippen molar-refractivity contribution < 1.29 is 5.11 Å². The van der Waals surface area contributed by atoms with Gasteiger partial charge in [0.25, 0.3) is 5.56 Å². The van der Waals surface area contributed by atoms with Crippen LogP contribution in [0.15, 0.2) is 17.2 Å². The molecule has 72 valence electrons. The number of aromatic amines is 1. The predicted octanol–water partition coefficient (Wildman–Crippen LogP) is 1.59. The fourth-order valence-corrected chi connectivity index (χ4v) is 1.56. The molecule has 0 bridgehead atoms. The van der Waals surface area contributed by atoms with Crippen molar-refractivity contribution >= 4 is 22.5 Å². The van der Waals surface area contributed by atoms with Crippen LogP contribution in [0.1, 0.15) is 5.56 Å². The molecular formula is C9H7ClN2O2. The third kappa shape index (κ3) is 1.15. The predicted molar refractivity (Wildman–Crippen MR) is 53.8 cm³/mol. The van der Waals surface area contributed by atoms with E-state index in [-0.39, 0.29) is 22.2 Å². The van der Waals surface area contributed by atoms with Crippen LogP contribution in [0.5, 0.6) is 5.75 Å². The lowest BCUT2D eigenvalue weighted by Crippen LogP contribution is -2.07. The number of phenolic OH excluding ortho intramolecular Hbond substituents is 1. The van der Waals surface area contributed by atoms with Crippen LogP contribution in [-0.2, 0) is 0 Å². The topological polar surface area (TPSA) is 66.0 Å². The Morgan fingerprint density at radius 3 is 3.00 bits per heavy atom. The fraction of sp³-hybridized carbons (Fsp3) is 0.111. The van der Waals surface area contributed by atoms with Crippen molar-refractivity contribution in [2.75, 3.05) is 0 Å². The van der Waals surface area contributed by atoms with Crippen LogP contribution in [0, 0.1) is 6.92 Å². The Kier molecular flexibility index (Phi) is 1.93. The number of hydrogen-bond donors (Lipinski definition) is 2. The number of H-pyrrole nitrogens is 1. The average Bonchev–Trinajstić information content (AvgIpc) is 2.14. The van der Waals surface area contributed by atoms with Crippen LogP contribution in [0.4, 0.5) is 0 Å². The molecule has 0 atom stereocenters. The van der Waals surface area contributed by atoms with Gasteiger partial charge >= 0.3 is 0 Å². The number of rotatable bonds is 0.